The second kappa shape index (κ2) is 9.01. The number of rotatable bonds is 6. The largest absolute Gasteiger partial charge is 0.457 e. The molecular weight excluding hydrogens is 374 g/mol. The maximum Gasteiger partial charge on any atom is 0.255 e. The molecule has 0 aromatic heterocycles. The summed E-state index contributed by atoms with van der Waals surface area (Å²) in [6.07, 6.45) is 1.18. The third kappa shape index (κ3) is 4.81. The molecule has 1 amide bonds. The molecule has 0 radical (unpaired) electrons. The van der Waals surface area contributed by atoms with Crippen molar-refractivity contribution in [1.82, 2.24) is 4.90 Å². The van der Waals surface area contributed by atoms with E-state index in [-0.39, 0.29) is 5.91 Å². The number of ether oxygens (including phenoxy) is 1. The van der Waals surface area contributed by atoms with Crippen molar-refractivity contribution in [2.75, 3.05) is 37.4 Å². The molecule has 1 fully saturated rings. The molecule has 3 aromatic carbocycles. The normalized spacial score (nSPS) is 16.0. The number of likely N-dealkylation sites (N-methyl/N-ethyl adjacent to an activating group) is 1. The van der Waals surface area contributed by atoms with Crippen molar-refractivity contribution in [3.05, 3.63) is 84.4 Å². The Bertz CT molecular complexity index is 970. The van der Waals surface area contributed by atoms with E-state index < -0.39 is 0 Å². The molecule has 1 aliphatic rings. The summed E-state index contributed by atoms with van der Waals surface area (Å²) in [5.74, 6) is 1.33. The molecule has 0 bridgehead atoms. The first kappa shape index (κ1) is 20.0. The van der Waals surface area contributed by atoms with E-state index in [2.05, 4.69) is 41.3 Å². The lowest BCUT2D eigenvalue weighted by Gasteiger charge is -2.22. The second-order valence-corrected chi connectivity index (χ2v) is 7.79. The average Bonchev–Trinajstić information content (AvgIpc) is 3.26. The Morgan fingerprint density at radius 3 is 2.23 bits per heavy atom. The predicted octanol–water partition coefficient (Wildman–Crippen LogP) is 4.87. The summed E-state index contributed by atoms with van der Waals surface area (Å²) in [7, 11) is 4.26. The Hall–Kier alpha value is -3.31. The van der Waals surface area contributed by atoms with Crippen LogP contribution < -0.4 is 15.0 Å². The molecule has 3 aromatic rings. The van der Waals surface area contributed by atoms with Crippen molar-refractivity contribution in [3.8, 4) is 11.5 Å². The molecule has 0 spiro atoms. The first-order valence-corrected chi connectivity index (χ1v) is 10.2. The van der Waals surface area contributed by atoms with Crippen molar-refractivity contribution < 1.29 is 9.53 Å². The number of anilines is 2. The molecule has 4 rings (SSSR count). The van der Waals surface area contributed by atoms with Crippen molar-refractivity contribution in [2.24, 2.45) is 0 Å². The number of carbonyl (C=O) groups is 1. The van der Waals surface area contributed by atoms with Crippen molar-refractivity contribution in [2.45, 2.75) is 12.5 Å². The smallest absolute Gasteiger partial charge is 0.255 e. The van der Waals surface area contributed by atoms with Gasteiger partial charge < -0.3 is 19.9 Å². The Kier molecular flexibility index (Phi) is 6.00. The summed E-state index contributed by atoms with van der Waals surface area (Å²) >= 11 is 0. The van der Waals surface area contributed by atoms with Crippen molar-refractivity contribution in [3.63, 3.8) is 0 Å². The fraction of sp³-hybridized carbons (Fsp3) is 0.240. The van der Waals surface area contributed by atoms with Gasteiger partial charge >= 0.3 is 0 Å². The minimum Gasteiger partial charge on any atom is -0.457 e. The van der Waals surface area contributed by atoms with Crippen LogP contribution in [0.2, 0.25) is 0 Å². The summed E-state index contributed by atoms with van der Waals surface area (Å²) in [4.78, 5) is 17.2. The van der Waals surface area contributed by atoms with Gasteiger partial charge in [-0.15, -0.1) is 0 Å². The van der Waals surface area contributed by atoms with Gasteiger partial charge in [0.25, 0.3) is 5.91 Å². The van der Waals surface area contributed by atoms with Crippen LogP contribution in [-0.2, 0) is 0 Å². The average molecular weight is 402 g/mol. The fourth-order valence-corrected chi connectivity index (χ4v) is 3.66. The van der Waals surface area contributed by atoms with Gasteiger partial charge in [-0.2, -0.15) is 0 Å². The minimum absolute atomic E-state index is 0.136. The van der Waals surface area contributed by atoms with Crippen LogP contribution in [-0.4, -0.2) is 44.0 Å². The zero-order chi connectivity index (χ0) is 20.9. The van der Waals surface area contributed by atoms with E-state index in [1.807, 2.05) is 42.5 Å². The quantitative estimate of drug-likeness (QED) is 0.640. The molecule has 1 atom stereocenters. The van der Waals surface area contributed by atoms with Crippen LogP contribution in [0.15, 0.2) is 78.9 Å². The third-order valence-corrected chi connectivity index (χ3v) is 5.48. The predicted molar refractivity (Wildman–Crippen MR) is 122 cm³/mol. The highest BCUT2D eigenvalue weighted by atomic mass is 16.5. The van der Waals surface area contributed by atoms with Crippen LogP contribution in [0.1, 0.15) is 16.8 Å². The minimum atomic E-state index is -0.136. The molecule has 5 nitrogen and oxygen atoms in total. The molecule has 1 saturated heterocycles. The van der Waals surface area contributed by atoms with Gasteiger partial charge in [0, 0.05) is 36.1 Å². The number of benzene rings is 3. The van der Waals surface area contributed by atoms with E-state index in [1.54, 1.807) is 24.3 Å². The number of carbonyl (C=O) groups excluding carboxylic acids is 1. The Balaban J connectivity index is 1.34. The highest BCUT2D eigenvalue weighted by Crippen LogP contribution is 2.25. The van der Waals surface area contributed by atoms with Gasteiger partial charge in [-0.25, -0.2) is 0 Å². The van der Waals surface area contributed by atoms with Crippen LogP contribution in [0.4, 0.5) is 11.4 Å². The van der Waals surface area contributed by atoms with Gasteiger partial charge in [-0.05, 0) is 81.2 Å². The number of amides is 1. The Morgan fingerprint density at radius 1 is 0.933 bits per heavy atom. The number of hydrogen-bond acceptors (Lipinski definition) is 4. The highest BCUT2D eigenvalue weighted by Gasteiger charge is 2.23. The molecule has 1 N–H and O–H groups in total. The van der Waals surface area contributed by atoms with Gasteiger partial charge in [0.1, 0.15) is 11.5 Å². The lowest BCUT2D eigenvalue weighted by atomic mass is 10.2. The summed E-state index contributed by atoms with van der Waals surface area (Å²) < 4.78 is 5.78. The Labute approximate surface area is 177 Å². The van der Waals surface area contributed by atoms with Crippen LogP contribution >= 0.6 is 0 Å². The third-order valence-electron chi connectivity index (χ3n) is 5.48. The van der Waals surface area contributed by atoms with Gasteiger partial charge in [0.15, 0.2) is 0 Å². The highest BCUT2D eigenvalue weighted by molar-refractivity contribution is 6.04. The SMILES string of the molecule is CN(C)C1CCN(c2ccc(NC(=O)c3ccc(Oc4ccccc4)cc3)cc2)C1. The van der Waals surface area contributed by atoms with E-state index in [0.29, 0.717) is 17.4 Å². The van der Waals surface area contributed by atoms with Crippen LogP contribution in [0.25, 0.3) is 0 Å². The van der Waals surface area contributed by atoms with Crippen LogP contribution in [0.3, 0.4) is 0 Å². The molecule has 154 valence electrons. The summed E-state index contributed by atoms with van der Waals surface area (Å²) in [5, 5.41) is 2.97. The molecule has 30 heavy (non-hydrogen) atoms. The number of nitrogens with one attached hydrogen (secondary N) is 1. The zero-order valence-electron chi connectivity index (χ0n) is 17.4. The van der Waals surface area contributed by atoms with E-state index in [9.17, 15) is 4.79 Å². The maximum absolute atomic E-state index is 12.6. The lowest BCUT2D eigenvalue weighted by molar-refractivity contribution is 0.102. The fourth-order valence-electron chi connectivity index (χ4n) is 3.66. The molecule has 1 unspecified atom stereocenters. The molecule has 0 aliphatic carbocycles. The topological polar surface area (TPSA) is 44.8 Å². The maximum atomic E-state index is 12.6. The van der Waals surface area contributed by atoms with Crippen molar-refractivity contribution >= 4 is 17.3 Å². The van der Waals surface area contributed by atoms with Crippen molar-refractivity contribution in [1.29, 1.82) is 0 Å². The van der Waals surface area contributed by atoms with Crippen LogP contribution in [0, 0.1) is 0 Å². The molecular formula is C25H27N3O2. The van der Waals surface area contributed by atoms with E-state index in [0.717, 1.165) is 24.5 Å². The van der Waals surface area contributed by atoms with E-state index in [4.69, 9.17) is 4.74 Å². The lowest BCUT2D eigenvalue weighted by Crippen LogP contribution is -2.31. The summed E-state index contributed by atoms with van der Waals surface area (Å²) in [6.45, 7) is 2.10. The first-order chi connectivity index (χ1) is 14.6. The van der Waals surface area contributed by atoms with Gasteiger partial charge in [-0.3, -0.25) is 4.79 Å². The molecule has 1 heterocycles. The van der Waals surface area contributed by atoms with Gasteiger partial charge in [0.2, 0.25) is 0 Å². The van der Waals surface area contributed by atoms with E-state index >= 15 is 0 Å². The summed E-state index contributed by atoms with van der Waals surface area (Å²) in [6, 6.07) is 25.4. The van der Waals surface area contributed by atoms with Gasteiger partial charge in [0.05, 0.1) is 0 Å². The molecule has 0 saturated carbocycles. The molecule has 5 heteroatoms. The monoisotopic (exact) mass is 401 g/mol. The number of para-hydroxylation sites is 1. The second-order valence-electron chi connectivity index (χ2n) is 7.79. The zero-order valence-corrected chi connectivity index (χ0v) is 17.4. The Morgan fingerprint density at radius 2 is 1.60 bits per heavy atom. The first-order valence-electron chi connectivity index (χ1n) is 10.2. The number of hydrogen-bond donors (Lipinski definition) is 1. The van der Waals surface area contributed by atoms with Gasteiger partial charge in [-0.1, -0.05) is 18.2 Å². The molecule has 1 aliphatic heterocycles. The van der Waals surface area contributed by atoms with E-state index in [1.165, 1.54) is 12.1 Å². The number of nitrogens with zero attached hydrogens (tertiary/aromatic N) is 2. The summed E-state index contributed by atoms with van der Waals surface area (Å²) in [5.41, 5.74) is 2.57. The van der Waals surface area contributed by atoms with Crippen LogP contribution in [0.5, 0.6) is 11.5 Å². The standard InChI is InChI=1S/C25H27N3O2/c1-27(2)22-16-17-28(18-22)21-12-10-20(11-13-21)26-25(29)19-8-14-24(15-9-19)30-23-6-4-3-5-7-23/h3-15,22H,16-18H2,1-2H3,(H,26,29).